The molecule has 1 atom stereocenters. The molecule has 1 aliphatic carbocycles. The molecule has 1 aliphatic rings. The molecule has 0 spiro atoms. The highest BCUT2D eigenvalue weighted by atomic mass is 35.5. The number of anilines is 1. The van der Waals surface area contributed by atoms with Crippen molar-refractivity contribution in [2.75, 3.05) is 33.8 Å². The van der Waals surface area contributed by atoms with Gasteiger partial charge in [-0.1, -0.05) is 23.7 Å². The number of aromatic nitrogens is 1. The number of nitrogens with one attached hydrogen (secondary N) is 2. The summed E-state index contributed by atoms with van der Waals surface area (Å²) in [6.45, 7) is 0. The van der Waals surface area contributed by atoms with Gasteiger partial charge in [-0.05, 0) is 66.0 Å². The van der Waals surface area contributed by atoms with Gasteiger partial charge in [-0.3, -0.25) is 4.79 Å². The molecule has 1 heterocycles. The molecule has 1 aromatic heterocycles. The van der Waals surface area contributed by atoms with Gasteiger partial charge < -0.3 is 29.6 Å². The number of hydrogen-bond acceptors (Lipinski definition) is 7. The van der Waals surface area contributed by atoms with Gasteiger partial charge in [-0.25, -0.2) is 4.98 Å². The lowest BCUT2D eigenvalue weighted by Gasteiger charge is -2.21. The van der Waals surface area contributed by atoms with Crippen molar-refractivity contribution in [3.63, 3.8) is 0 Å². The number of benzene rings is 1. The summed E-state index contributed by atoms with van der Waals surface area (Å²) in [5, 5.41) is 7.23. The van der Waals surface area contributed by atoms with Crippen LogP contribution in [0.3, 0.4) is 0 Å². The van der Waals surface area contributed by atoms with Crippen LogP contribution < -0.4 is 35.0 Å². The van der Waals surface area contributed by atoms with Gasteiger partial charge in [0.25, 0.3) is 0 Å². The van der Waals surface area contributed by atoms with Crippen molar-refractivity contribution in [2.24, 2.45) is 0 Å². The minimum atomic E-state index is -0.335. The summed E-state index contributed by atoms with van der Waals surface area (Å²) in [7, 11) is 6.07. The molecule has 0 aliphatic heterocycles. The van der Waals surface area contributed by atoms with E-state index in [4.69, 9.17) is 42.8 Å². The molecule has 2 N–H and O–H groups in total. The van der Waals surface area contributed by atoms with Crippen LogP contribution in [0.25, 0.3) is 11.1 Å². The second-order valence-corrected chi connectivity index (χ2v) is 8.74. The first-order chi connectivity index (χ1) is 17.4. The van der Waals surface area contributed by atoms with E-state index in [9.17, 15) is 4.79 Å². The molecule has 0 unspecified atom stereocenters. The van der Waals surface area contributed by atoms with E-state index < -0.39 is 0 Å². The number of ether oxygens (including phenoxy) is 4. The first kappa shape index (κ1) is 25.5. The fourth-order valence-corrected chi connectivity index (χ4v) is 5.03. The van der Waals surface area contributed by atoms with E-state index in [1.807, 2.05) is 24.3 Å². The first-order valence-electron chi connectivity index (χ1n) is 11.1. The molecule has 2 aromatic carbocycles. The van der Waals surface area contributed by atoms with Crippen LogP contribution in [-0.4, -0.2) is 38.5 Å². The summed E-state index contributed by atoms with van der Waals surface area (Å²) in [6.07, 6.45) is 2.81. The highest BCUT2D eigenvalue weighted by Crippen LogP contribution is 2.54. The van der Waals surface area contributed by atoms with Crippen molar-refractivity contribution in [1.29, 1.82) is 0 Å². The normalized spacial score (nSPS) is 14.0. The van der Waals surface area contributed by atoms with Crippen LogP contribution in [0.15, 0.2) is 47.4 Å². The van der Waals surface area contributed by atoms with Gasteiger partial charge in [0.2, 0.25) is 11.2 Å². The van der Waals surface area contributed by atoms with Gasteiger partial charge in [0.1, 0.15) is 5.82 Å². The summed E-state index contributed by atoms with van der Waals surface area (Å²) < 4.78 is 22.3. The highest BCUT2D eigenvalue weighted by molar-refractivity contribution is 7.80. The topological polar surface area (TPSA) is 90.9 Å². The zero-order valence-electron chi connectivity index (χ0n) is 20.3. The smallest absolute Gasteiger partial charge is 0.220 e. The Labute approximate surface area is 219 Å². The van der Waals surface area contributed by atoms with Crippen LogP contribution in [0.1, 0.15) is 23.6 Å². The fourth-order valence-electron chi connectivity index (χ4n) is 4.44. The van der Waals surface area contributed by atoms with Gasteiger partial charge in [0.15, 0.2) is 22.4 Å². The molecule has 0 saturated heterocycles. The second kappa shape index (κ2) is 11.0. The van der Waals surface area contributed by atoms with Gasteiger partial charge in [0, 0.05) is 11.8 Å². The standard InChI is InChI=1S/C26H26ClN3O5S/c1-32-19-11-9-14-16(13-18(19)31)17(29-26(36)30-20-7-5-6-12-28-20)10-8-15-21(14)23(33-2)25(35-4)24(34-3)22(15)27/h5-7,9,11-13,17H,8,10H2,1-4H3,(H2,28,29,30,36)/t17-/m0/s1. The predicted octanol–water partition coefficient (Wildman–Crippen LogP) is 4.77. The predicted molar refractivity (Wildman–Crippen MR) is 144 cm³/mol. The van der Waals surface area contributed by atoms with Crippen LogP contribution >= 0.6 is 23.8 Å². The Morgan fingerprint density at radius 3 is 2.42 bits per heavy atom. The third-order valence-electron chi connectivity index (χ3n) is 6.02. The number of rotatable bonds is 6. The highest BCUT2D eigenvalue weighted by Gasteiger charge is 2.32. The summed E-state index contributed by atoms with van der Waals surface area (Å²) in [6, 6.07) is 10.2. The number of thiocarbonyl (C=S) groups is 1. The average Bonchev–Trinajstić information content (AvgIpc) is 3.13. The largest absolute Gasteiger partial charge is 0.493 e. The average molecular weight is 528 g/mol. The van der Waals surface area contributed by atoms with Gasteiger partial charge in [0.05, 0.1) is 39.5 Å². The zero-order valence-corrected chi connectivity index (χ0v) is 21.9. The number of hydrogen-bond donors (Lipinski definition) is 2. The first-order valence-corrected chi connectivity index (χ1v) is 11.9. The minimum absolute atomic E-state index is 0.211. The Morgan fingerprint density at radius 2 is 1.78 bits per heavy atom. The lowest BCUT2D eigenvalue weighted by Crippen LogP contribution is -2.33. The number of methoxy groups -OCH3 is 4. The van der Waals surface area contributed by atoms with E-state index in [1.54, 1.807) is 25.4 Å². The van der Waals surface area contributed by atoms with Crippen molar-refractivity contribution >= 4 is 34.7 Å². The maximum Gasteiger partial charge on any atom is 0.220 e. The Morgan fingerprint density at radius 1 is 1.03 bits per heavy atom. The summed E-state index contributed by atoms with van der Waals surface area (Å²) in [5.41, 5.74) is 2.73. The van der Waals surface area contributed by atoms with Crippen molar-refractivity contribution in [3.05, 3.63) is 69.0 Å². The number of nitrogens with zero attached hydrogens (tertiary/aromatic N) is 1. The molecule has 0 amide bonds. The molecular weight excluding hydrogens is 502 g/mol. The third-order valence-corrected chi connectivity index (χ3v) is 6.64. The van der Waals surface area contributed by atoms with Crippen molar-refractivity contribution < 1.29 is 18.9 Å². The van der Waals surface area contributed by atoms with E-state index in [0.717, 1.165) is 16.7 Å². The van der Waals surface area contributed by atoms with Gasteiger partial charge in [-0.15, -0.1) is 0 Å². The molecule has 4 rings (SSSR count). The summed E-state index contributed by atoms with van der Waals surface area (Å²) in [5.74, 6) is 2.04. The van der Waals surface area contributed by atoms with Crippen molar-refractivity contribution in [2.45, 2.75) is 18.9 Å². The van der Waals surface area contributed by atoms with Crippen LogP contribution in [0.5, 0.6) is 23.0 Å². The molecule has 0 radical (unpaired) electrons. The van der Waals surface area contributed by atoms with Crippen LogP contribution in [0.4, 0.5) is 5.82 Å². The van der Waals surface area contributed by atoms with E-state index >= 15 is 0 Å². The fraction of sp³-hybridized carbons (Fsp3) is 0.269. The lowest BCUT2D eigenvalue weighted by atomic mass is 9.95. The van der Waals surface area contributed by atoms with Gasteiger partial charge in [-0.2, -0.15) is 0 Å². The Balaban J connectivity index is 1.91. The van der Waals surface area contributed by atoms with Crippen LogP contribution in [0, 0.1) is 0 Å². The second-order valence-electron chi connectivity index (χ2n) is 7.95. The van der Waals surface area contributed by atoms with E-state index in [0.29, 0.717) is 51.6 Å². The molecule has 10 heteroatoms. The van der Waals surface area contributed by atoms with E-state index in [1.165, 1.54) is 21.3 Å². The van der Waals surface area contributed by atoms with E-state index in [-0.39, 0.29) is 17.2 Å². The molecule has 0 saturated carbocycles. The maximum atomic E-state index is 13.0. The molecule has 0 bridgehead atoms. The quantitative estimate of drug-likeness (QED) is 0.440. The zero-order chi connectivity index (χ0) is 25.8. The third kappa shape index (κ3) is 4.76. The maximum absolute atomic E-state index is 13.0. The monoisotopic (exact) mass is 527 g/mol. The van der Waals surface area contributed by atoms with Crippen molar-refractivity contribution in [1.82, 2.24) is 10.3 Å². The van der Waals surface area contributed by atoms with Gasteiger partial charge >= 0.3 is 0 Å². The number of fused-ring (bicyclic) bond motifs is 3. The molecule has 0 fully saturated rings. The Hall–Kier alpha value is -3.56. The Kier molecular flexibility index (Phi) is 7.81. The molecule has 3 aromatic rings. The number of halogens is 1. The van der Waals surface area contributed by atoms with Crippen LogP contribution in [-0.2, 0) is 6.42 Å². The summed E-state index contributed by atoms with van der Waals surface area (Å²) >= 11 is 12.4. The molecule has 188 valence electrons. The number of pyridine rings is 1. The molecular formula is C26H26ClN3O5S. The minimum Gasteiger partial charge on any atom is -0.493 e. The van der Waals surface area contributed by atoms with Crippen molar-refractivity contribution in [3.8, 4) is 34.1 Å². The summed E-state index contributed by atoms with van der Waals surface area (Å²) in [4.78, 5) is 17.3. The molecule has 8 nitrogen and oxygen atoms in total. The lowest BCUT2D eigenvalue weighted by molar-refractivity contribution is 0.325. The van der Waals surface area contributed by atoms with E-state index in [2.05, 4.69) is 15.6 Å². The molecule has 36 heavy (non-hydrogen) atoms. The SMILES string of the molecule is COc1c(Cl)c2c(c(OC)c1OC)-c1ccc(OC)c(=O)cc1[C@@H](NC(=S)Nc1ccccn1)CC2. The van der Waals surface area contributed by atoms with Crippen LogP contribution in [0.2, 0.25) is 5.02 Å². The Bertz CT molecular complexity index is 1350.